The molecule has 0 saturated heterocycles. The number of nitrogens with one attached hydrogen (secondary N) is 2. The number of carbonyl (C=O) groups excluding carboxylic acids is 1. The molecule has 0 bridgehead atoms. The second-order valence-corrected chi connectivity index (χ2v) is 6.45. The molecule has 1 aromatic carbocycles. The Morgan fingerprint density at radius 3 is 2.16 bits per heavy atom. The van der Waals surface area contributed by atoms with E-state index in [1.54, 1.807) is 24.3 Å². The minimum absolute atomic E-state index is 0.0479. The number of hydrogen-bond acceptors (Lipinski definition) is 3. The zero-order valence-electron chi connectivity index (χ0n) is 15.0. The number of aliphatic carboxylic acids is 1. The van der Waals surface area contributed by atoms with Gasteiger partial charge in [0, 0.05) is 16.8 Å². The van der Waals surface area contributed by atoms with E-state index >= 15 is 0 Å². The first-order valence-corrected chi connectivity index (χ1v) is 8.88. The number of rotatable bonds is 4. The van der Waals surface area contributed by atoms with E-state index in [9.17, 15) is 9.59 Å². The Hall–Kier alpha value is -2.21. The number of hydrogen-bond donors (Lipinski definition) is 3. The molecule has 0 unspecified atom stereocenters. The predicted molar refractivity (Wildman–Crippen MR) is 105 cm³/mol. The minimum atomic E-state index is -1.20. The Morgan fingerprint density at radius 2 is 1.68 bits per heavy atom. The van der Waals surface area contributed by atoms with E-state index in [1.165, 1.54) is 0 Å². The van der Waals surface area contributed by atoms with Crippen LogP contribution in [-0.2, 0) is 9.59 Å². The van der Waals surface area contributed by atoms with Crippen LogP contribution >= 0.6 is 12.2 Å². The summed E-state index contributed by atoms with van der Waals surface area (Å²) in [6, 6.07) is 7.04. The second-order valence-electron chi connectivity index (χ2n) is 6.04. The van der Waals surface area contributed by atoms with Crippen molar-refractivity contribution in [3.63, 3.8) is 0 Å². The number of carboxylic acid groups (broad SMARTS) is 1. The largest absolute Gasteiger partial charge is 0.476 e. The van der Waals surface area contributed by atoms with Crippen LogP contribution in [0.1, 0.15) is 52.0 Å². The lowest BCUT2D eigenvalue weighted by atomic mass is 9.88. The topological polar surface area (TPSA) is 78.4 Å². The van der Waals surface area contributed by atoms with E-state index < -0.39 is 5.97 Å². The van der Waals surface area contributed by atoms with Crippen LogP contribution in [0.15, 0.2) is 30.8 Å². The van der Waals surface area contributed by atoms with Crippen molar-refractivity contribution in [2.24, 2.45) is 5.41 Å². The lowest BCUT2D eigenvalue weighted by Crippen LogP contribution is -2.30. The summed E-state index contributed by atoms with van der Waals surface area (Å²) in [6.45, 7) is 9.76. The first-order valence-electron chi connectivity index (χ1n) is 8.47. The Labute approximate surface area is 154 Å². The summed E-state index contributed by atoms with van der Waals surface area (Å²) in [7, 11) is 0. The van der Waals surface area contributed by atoms with E-state index in [-0.39, 0.29) is 16.3 Å². The SMILES string of the molecule is C=C(NC(=S)C(=O)O)c1ccc(NC(=O)C2(C)CCCC2)cc1.CC. The van der Waals surface area contributed by atoms with Crippen LogP contribution in [0.5, 0.6) is 0 Å². The Kier molecular flexibility index (Phi) is 7.77. The highest BCUT2D eigenvalue weighted by Gasteiger charge is 2.36. The Bertz CT molecular complexity index is 647. The van der Waals surface area contributed by atoms with Gasteiger partial charge in [0.2, 0.25) is 5.91 Å². The average molecular weight is 362 g/mol. The van der Waals surface area contributed by atoms with E-state index in [0.29, 0.717) is 16.9 Å². The monoisotopic (exact) mass is 362 g/mol. The van der Waals surface area contributed by atoms with Gasteiger partial charge in [-0.25, -0.2) is 4.79 Å². The van der Waals surface area contributed by atoms with Crippen molar-refractivity contribution in [3.8, 4) is 0 Å². The molecule has 1 fully saturated rings. The van der Waals surface area contributed by atoms with Gasteiger partial charge in [-0.3, -0.25) is 4.79 Å². The smallest absolute Gasteiger partial charge is 0.363 e. The molecular formula is C19H26N2O3S. The van der Waals surface area contributed by atoms with Gasteiger partial charge >= 0.3 is 5.97 Å². The highest BCUT2D eigenvalue weighted by Crippen LogP contribution is 2.38. The van der Waals surface area contributed by atoms with Gasteiger partial charge in [0.25, 0.3) is 0 Å². The summed E-state index contributed by atoms with van der Waals surface area (Å²) in [5.74, 6) is -1.15. The molecule has 0 spiro atoms. The standard InChI is InChI=1S/C17H20N2O3S.C2H6/c1-11(18-14(23)15(20)21)12-5-7-13(8-6-12)19-16(22)17(2)9-3-4-10-17;1-2/h5-8H,1,3-4,9-10H2,2H3,(H,18,23)(H,19,22)(H,20,21);1-2H3. The molecule has 0 atom stereocenters. The number of benzene rings is 1. The average Bonchev–Trinajstić information content (AvgIpc) is 3.05. The van der Waals surface area contributed by atoms with E-state index in [1.807, 2.05) is 20.8 Å². The molecule has 5 nitrogen and oxygen atoms in total. The van der Waals surface area contributed by atoms with Crippen LogP contribution in [0.25, 0.3) is 5.70 Å². The fourth-order valence-electron chi connectivity index (χ4n) is 2.68. The first kappa shape index (κ1) is 20.8. The number of carboxylic acids is 1. The molecule has 0 aromatic heterocycles. The summed E-state index contributed by atoms with van der Waals surface area (Å²) in [6.07, 6.45) is 4.03. The quantitative estimate of drug-likeness (QED) is 0.700. The lowest BCUT2D eigenvalue weighted by molar-refractivity contribution is -0.129. The van der Waals surface area contributed by atoms with Gasteiger partial charge in [-0.15, -0.1) is 0 Å². The van der Waals surface area contributed by atoms with Gasteiger partial charge in [-0.1, -0.05) is 64.5 Å². The van der Waals surface area contributed by atoms with Gasteiger partial charge in [-0.2, -0.15) is 0 Å². The number of thiocarbonyl (C=S) groups is 1. The Morgan fingerprint density at radius 1 is 1.16 bits per heavy atom. The molecule has 6 heteroatoms. The fraction of sp³-hybridized carbons (Fsp3) is 0.421. The van der Waals surface area contributed by atoms with Crippen molar-refractivity contribution in [1.29, 1.82) is 0 Å². The molecule has 1 saturated carbocycles. The maximum atomic E-state index is 12.4. The zero-order valence-corrected chi connectivity index (χ0v) is 15.8. The molecule has 0 heterocycles. The van der Waals surface area contributed by atoms with Gasteiger partial charge in [-0.05, 0) is 30.5 Å². The molecule has 1 aromatic rings. The van der Waals surface area contributed by atoms with Crippen LogP contribution in [0.2, 0.25) is 0 Å². The summed E-state index contributed by atoms with van der Waals surface area (Å²) in [5.41, 5.74) is 1.54. The summed E-state index contributed by atoms with van der Waals surface area (Å²) < 4.78 is 0. The normalized spacial score (nSPS) is 14.7. The van der Waals surface area contributed by atoms with Gasteiger partial charge in [0.1, 0.15) is 0 Å². The van der Waals surface area contributed by atoms with Gasteiger partial charge in [0.15, 0.2) is 4.99 Å². The van der Waals surface area contributed by atoms with Crippen LogP contribution in [0.4, 0.5) is 5.69 Å². The third-order valence-electron chi connectivity index (χ3n) is 4.21. The molecule has 2 rings (SSSR count). The summed E-state index contributed by atoms with van der Waals surface area (Å²) in [4.78, 5) is 22.8. The van der Waals surface area contributed by atoms with Crippen LogP contribution in [0, 0.1) is 5.41 Å². The van der Waals surface area contributed by atoms with Crippen molar-refractivity contribution < 1.29 is 14.7 Å². The first-order chi connectivity index (χ1) is 11.8. The van der Waals surface area contributed by atoms with Crippen molar-refractivity contribution in [2.75, 3.05) is 5.32 Å². The van der Waals surface area contributed by atoms with Crippen LogP contribution in [0.3, 0.4) is 0 Å². The lowest BCUT2D eigenvalue weighted by Gasteiger charge is -2.22. The number of anilines is 1. The van der Waals surface area contributed by atoms with Crippen molar-refractivity contribution in [2.45, 2.75) is 46.5 Å². The maximum absolute atomic E-state index is 12.4. The van der Waals surface area contributed by atoms with Crippen molar-refractivity contribution in [1.82, 2.24) is 5.32 Å². The highest BCUT2D eigenvalue weighted by molar-refractivity contribution is 7.82. The minimum Gasteiger partial charge on any atom is -0.476 e. The van der Waals surface area contributed by atoms with Crippen LogP contribution < -0.4 is 10.6 Å². The molecule has 1 aliphatic carbocycles. The van der Waals surface area contributed by atoms with E-state index in [4.69, 9.17) is 5.11 Å². The molecule has 136 valence electrons. The maximum Gasteiger partial charge on any atom is 0.363 e. The zero-order chi connectivity index (χ0) is 19.0. The molecule has 3 N–H and O–H groups in total. The molecule has 1 aliphatic rings. The van der Waals surface area contributed by atoms with Crippen molar-refractivity contribution >= 4 is 40.5 Å². The fourth-order valence-corrected chi connectivity index (χ4v) is 2.80. The molecular weight excluding hydrogens is 336 g/mol. The van der Waals surface area contributed by atoms with Gasteiger partial charge < -0.3 is 15.7 Å². The summed E-state index contributed by atoms with van der Waals surface area (Å²) in [5, 5.41) is 14.3. The second kappa shape index (κ2) is 9.32. The number of amides is 1. The third-order valence-corrected chi connectivity index (χ3v) is 4.48. The van der Waals surface area contributed by atoms with Crippen LogP contribution in [-0.4, -0.2) is 22.0 Å². The molecule has 0 aliphatic heterocycles. The molecule has 25 heavy (non-hydrogen) atoms. The highest BCUT2D eigenvalue weighted by atomic mass is 32.1. The van der Waals surface area contributed by atoms with Gasteiger partial charge in [0.05, 0.1) is 0 Å². The van der Waals surface area contributed by atoms with Crippen molar-refractivity contribution in [3.05, 3.63) is 36.4 Å². The summed E-state index contributed by atoms with van der Waals surface area (Å²) >= 11 is 4.68. The molecule has 1 amide bonds. The predicted octanol–water partition coefficient (Wildman–Crippen LogP) is 4.20. The van der Waals surface area contributed by atoms with E-state index in [0.717, 1.165) is 25.7 Å². The van der Waals surface area contributed by atoms with E-state index in [2.05, 4.69) is 29.4 Å². The Balaban J connectivity index is 0.00000151. The third kappa shape index (κ3) is 5.67. The molecule has 0 radical (unpaired) electrons. The number of carbonyl (C=O) groups is 2.